The Bertz CT molecular complexity index is 1330. The topological polar surface area (TPSA) is 217 Å². The molecular formula is C28H33N5O9. The van der Waals surface area contributed by atoms with Gasteiger partial charge in [-0.15, -0.1) is 0 Å². The molecule has 0 unspecified atom stereocenters. The van der Waals surface area contributed by atoms with Crippen LogP contribution in [0.3, 0.4) is 0 Å². The lowest BCUT2D eigenvalue weighted by atomic mass is 10.2. The summed E-state index contributed by atoms with van der Waals surface area (Å²) in [7, 11) is 0. The number of carboxylic acids is 1. The van der Waals surface area contributed by atoms with E-state index in [0.717, 1.165) is 6.42 Å². The van der Waals surface area contributed by atoms with Gasteiger partial charge in [0.2, 0.25) is 0 Å². The normalized spacial score (nSPS) is 9.36. The van der Waals surface area contributed by atoms with Gasteiger partial charge in [-0.3, -0.25) is 25.0 Å². The highest BCUT2D eigenvalue weighted by Crippen LogP contribution is 2.11. The molecule has 0 aliphatic carbocycles. The zero-order valence-electron chi connectivity index (χ0n) is 23.6. The molecule has 5 N–H and O–H groups in total. The van der Waals surface area contributed by atoms with Crippen molar-refractivity contribution >= 4 is 29.3 Å². The number of hydrogen-bond acceptors (Lipinski definition) is 9. The Hall–Kier alpha value is -5.47. The van der Waals surface area contributed by atoms with Crippen LogP contribution in [0.5, 0.6) is 0 Å². The Labute approximate surface area is 242 Å². The fourth-order valence-corrected chi connectivity index (χ4v) is 2.36. The minimum atomic E-state index is -1.23. The van der Waals surface area contributed by atoms with Crippen LogP contribution in [0.15, 0.2) is 48.5 Å². The monoisotopic (exact) mass is 583 g/mol. The van der Waals surface area contributed by atoms with E-state index in [4.69, 9.17) is 15.6 Å². The average Bonchev–Trinajstić information content (AvgIpc) is 2.93. The predicted molar refractivity (Wildman–Crippen MR) is 154 cm³/mol. The fraction of sp³-hybridized carbons (Fsp3) is 0.321. The van der Waals surface area contributed by atoms with Gasteiger partial charge in [0.15, 0.2) is 0 Å². The molecule has 0 aromatic heterocycles. The third-order valence-corrected chi connectivity index (χ3v) is 4.14. The highest BCUT2D eigenvalue weighted by molar-refractivity contribution is 5.94. The second kappa shape index (κ2) is 19.6. The first-order valence-electron chi connectivity index (χ1n) is 12.4. The number of nitrogens with one attached hydrogen (secondary N) is 2. The number of amides is 2. The summed E-state index contributed by atoms with van der Waals surface area (Å²) in [5.41, 5.74) is 5.69. The maximum absolute atomic E-state index is 11.2. The summed E-state index contributed by atoms with van der Waals surface area (Å²) < 4.78 is 4.93. The van der Waals surface area contributed by atoms with E-state index in [9.17, 15) is 34.6 Å². The molecule has 2 aromatic rings. The fourth-order valence-electron chi connectivity index (χ4n) is 2.36. The molecule has 42 heavy (non-hydrogen) atoms. The van der Waals surface area contributed by atoms with E-state index < -0.39 is 27.5 Å². The predicted octanol–water partition coefficient (Wildman–Crippen LogP) is 2.97. The number of benzene rings is 2. The van der Waals surface area contributed by atoms with E-state index in [2.05, 4.69) is 28.4 Å². The number of alkyl carbamates (subject to hydrolysis) is 1. The van der Waals surface area contributed by atoms with Crippen LogP contribution in [-0.4, -0.2) is 58.2 Å². The van der Waals surface area contributed by atoms with Crippen molar-refractivity contribution in [1.82, 2.24) is 10.6 Å². The summed E-state index contributed by atoms with van der Waals surface area (Å²) in [6.07, 6.45) is 0.438. The Kier molecular flexibility index (Phi) is 17.0. The molecule has 0 heterocycles. The van der Waals surface area contributed by atoms with Gasteiger partial charge in [0.1, 0.15) is 5.60 Å². The molecule has 0 spiro atoms. The number of nitro groups is 2. The highest BCUT2D eigenvalue weighted by atomic mass is 16.6. The number of non-ortho nitro benzene ring substituents is 2. The van der Waals surface area contributed by atoms with Crippen LogP contribution in [0.25, 0.3) is 0 Å². The van der Waals surface area contributed by atoms with E-state index in [1.54, 1.807) is 0 Å². The molecule has 0 aliphatic heterocycles. The number of aliphatic carboxylic acids is 1. The molecular weight excluding hydrogens is 550 g/mol. The maximum Gasteiger partial charge on any atom is 0.407 e. The van der Waals surface area contributed by atoms with Crippen LogP contribution in [0, 0.1) is 43.9 Å². The SMILES string of the molecule is CC(C)(C)OC(=O)NCCN.CCCNC(=O)C#Cc1ccc([N+](=O)[O-])cc1.O=C(O)C#Cc1ccc([N+](=O)[O-])cc1. The van der Waals surface area contributed by atoms with Gasteiger partial charge < -0.3 is 26.2 Å². The summed E-state index contributed by atoms with van der Waals surface area (Å²) in [4.78, 5) is 51.7. The number of carbonyl (C=O) groups excluding carboxylic acids is 2. The Morgan fingerprint density at radius 3 is 1.67 bits per heavy atom. The number of carbonyl (C=O) groups is 3. The zero-order valence-corrected chi connectivity index (χ0v) is 23.6. The second-order valence-corrected chi connectivity index (χ2v) is 8.89. The second-order valence-electron chi connectivity index (χ2n) is 8.89. The number of nitrogens with zero attached hydrogens (tertiary/aromatic N) is 2. The van der Waals surface area contributed by atoms with Crippen molar-refractivity contribution in [2.24, 2.45) is 5.73 Å². The van der Waals surface area contributed by atoms with Crippen molar-refractivity contribution in [2.45, 2.75) is 39.7 Å². The summed E-state index contributed by atoms with van der Waals surface area (Å²) in [6.45, 7) is 8.87. The smallest absolute Gasteiger partial charge is 0.407 e. The summed E-state index contributed by atoms with van der Waals surface area (Å²) >= 11 is 0. The molecule has 0 saturated carbocycles. The molecule has 0 saturated heterocycles. The van der Waals surface area contributed by atoms with Crippen LogP contribution in [0.2, 0.25) is 0 Å². The minimum absolute atomic E-state index is 0.00554. The number of nitrogens with two attached hydrogens (primary N) is 1. The molecule has 2 aromatic carbocycles. The molecule has 2 amide bonds. The van der Waals surface area contributed by atoms with Crippen molar-refractivity contribution in [3.8, 4) is 23.7 Å². The van der Waals surface area contributed by atoms with Gasteiger partial charge in [0.05, 0.1) is 9.85 Å². The molecule has 0 fully saturated rings. The lowest BCUT2D eigenvalue weighted by molar-refractivity contribution is -0.385. The molecule has 0 aliphatic rings. The molecule has 14 heteroatoms. The van der Waals surface area contributed by atoms with E-state index in [1.165, 1.54) is 48.5 Å². The van der Waals surface area contributed by atoms with Crippen LogP contribution in [0.4, 0.5) is 16.2 Å². The van der Waals surface area contributed by atoms with Gasteiger partial charge in [-0.1, -0.05) is 18.8 Å². The molecule has 0 bridgehead atoms. The van der Waals surface area contributed by atoms with Crippen LogP contribution in [-0.2, 0) is 14.3 Å². The third kappa shape index (κ3) is 18.7. The largest absolute Gasteiger partial charge is 0.472 e. The Balaban J connectivity index is 0.000000616. The number of hydrogen-bond donors (Lipinski definition) is 4. The Morgan fingerprint density at radius 2 is 1.31 bits per heavy atom. The zero-order chi connectivity index (χ0) is 32.1. The summed E-state index contributed by atoms with van der Waals surface area (Å²) in [6, 6.07) is 11.1. The van der Waals surface area contributed by atoms with E-state index >= 15 is 0 Å². The molecule has 0 atom stereocenters. The highest BCUT2D eigenvalue weighted by Gasteiger charge is 2.15. The average molecular weight is 584 g/mol. The van der Waals surface area contributed by atoms with Gasteiger partial charge >= 0.3 is 12.1 Å². The summed E-state index contributed by atoms with van der Waals surface area (Å²) in [5, 5.41) is 34.0. The van der Waals surface area contributed by atoms with Gasteiger partial charge in [0.25, 0.3) is 17.3 Å². The first kappa shape index (κ1) is 36.5. The van der Waals surface area contributed by atoms with E-state index in [-0.39, 0.29) is 17.3 Å². The van der Waals surface area contributed by atoms with Gasteiger partial charge in [-0.2, -0.15) is 0 Å². The quantitative estimate of drug-likeness (QED) is 0.221. The minimum Gasteiger partial charge on any atom is -0.472 e. The summed E-state index contributed by atoms with van der Waals surface area (Å²) in [5.74, 6) is 7.72. The van der Waals surface area contributed by atoms with Crippen molar-refractivity contribution in [3.05, 3.63) is 79.9 Å². The van der Waals surface area contributed by atoms with Crippen LogP contribution >= 0.6 is 0 Å². The van der Waals surface area contributed by atoms with Gasteiger partial charge in [0, 0.05) is 66.9 Å². The van der Waals surface area contributed by atoms with E-state index in [1.807, 2.05) is 33.6 Å². The first-order valence-corrected chi connectivity index (χ1v) is 12.4. The first-order chi connectivity index (χ1) is 19.7. The molecule has 14 nitrogen and oxygen atoms in total. The van der Waals surface area contributed by atoms with Crippen molar-refractivity contribution in [3.63, 3.8) is 0 Å². The lowest BCUT2D eigenvalue weighted by Crippen LogP contribution is -2.35. The number of nitro benzene ring substituents is 2. The van der Waals surface area contributed by atoms with Gasteiger partial charge in [-0.05, 0) is 51.5 Å². The molecule has 2 rings (SSSR count). The maximum atomic E-state index is 11.2. The number of rotatable bonds is 6. The number of ether oxygens (including phenoxy) is 1. The van der Waals surface area contributed by atoms with Crippen LogP contribution < -0.4 is 16.4 Å². The van der Waals surface area contributed by atoms with Crippen LogP contribution in [0.1, 0.15) is 45.2 Å². The van der Waals surface area contributed by atoms with Crippen molar-refractivity contribution in [1.29, 1.82) is 0 Å². The van der Waals surface area contributed by atoms with E-state index in [0.29, 0.717) is 30.8 Å². The van der Waals surface area contributed by atoms with Crippen molar-refractivity contribution in [2.75, 3.05) is 19.6 Å². The van der Waals surface area contributed by atoms with Gasteiger partial charge in [-0.25, -0.2) is 9.59 Å². The lowest BCUT2D eigenvalue weighted by Gasteiger charge is -2.19. The molecule has 0 radical (unpaired) electrons. The Morgan fingerprint density at radius 1 is 0.857 bits per heavy atom. The standard InChI is InChI=1S/C12H12N2O3.C9H5NO4.C7H16N2O2/c1-2-9-13-12(15)8-5-10-3-6-11(7-4-10)14(16)17;11-9(12)6-3-7-1-4-8(5-2-7)10(13)14;1-7(2,3)11-6(10)9-5-4-8/h3-4,6-7H,2,9H2,1H3,(H,13,15);1-2,4-5H,(H,11,12);4-5,8H2,1-3H3,(H,9,10). The third-order valence-electron chi connectivity index (χ3n) is 4.14. The molecule has 224 valence electrons. The van der Waals surface area contributed by atoms with Crippen molar-refractivity contribution < 1.29 is 34.1 Å². The number of carboxylic acid groups (broad SMARTS) is 1.